The van der Waals surface area contributed by atoms with Crippen LogP contribution in [0.1, 0.15) is 13.8 Å². The van der Waals surface area contributed by atoms with Crippen LogP contribution in [-0.4, -0.2) is 65.3 Å². The molecule has 0 atom stereocenters. The molecule has 142 valence electrons. The third-order valence-corrected chi connectivity index (χ3v) is 3.73. The summed E-state index contributed by atoms with van der Waals surface area (Å²) < 4.78 is 5.35. The molecule has 0 saturated heterocycles. The molecule has 0 radical (unpaired) electrons. The largest absolute Gasteiger partial charge is 0.497 e. The number of likely N-dealkylation sites (N-methyl/N-ethyl adjacent to an activating group) is 1. The van der Waals surface area contributed by atoms with E-state index in [9.17, 15) is 0 Å². The van der Waals surface area contributed by atoms with E-state index >= 15 is 0 Å². The molecule has 0 aliphatic rings. The zero-order chi connectivity index (χ0) is 19.5. The molecule has 0 spiro atoms. The van der Waals surface area contributed by atoms with Crippen LogP contribution >= 0.6 is 0 Å². The summed E-state index contributed by atoms with van der Waals surface area (Å²) in [5.74, 6) is -2.79. The van der Waals surface area contributed by atoms with Gasteiger partial charge in [-0.15, -0.1) is 0 Å². The molecule has 0 aliphatic heterocycles. The first-order valence-electron chi connectivity index (χ1n) is 8.28. The Balaban J connectivity index is 0.000000487. The molecular weight excluding hydrogens is 338 g/mol. The number of benzene rings is 1. The van der Waals surface area contributed by atoms with Crippen LogP contribution < -0.4 is 10.1 Å². The predicted molar refractivity (Wildman–Crippen MR) is 99.8 cm³/mol. The fraction of sp³-hybridized carbons (Fsp3) is 0.389. The molecule has 1 heterocycles. The molecular formula is C18H25N3O5. The van der Waals surface area contributed by atoms with Crippen LogP contribution in [0.5, 0.6) is 5.75 Å². The number of rotatable bonds is 7. The van der Waals surface area contributed by atoms with Crippen LogP contribution in [0.2, 0.25) is 0 Å². The van der Waals surface area contributed by atoms with Gasteiger partial charge in [-0.25, -0.2) is 9.59 Å². The van der Waals surface area contributed by atoms with Gasteiger partial charge >= 0.3 is 11.9 Å². The third kappa shape index (κ3) is 6.56. The Bertz CT molecular complexity index is 720. The number of pyridine rings is 1. The van der Waals surface area contributed by atoms with E-state index < -0.39 is 11.9 Å². The molecule has 0 unspecified atom stereocenters. The minimum atomic E-state index is -1.82. The number of nitrogens with zero attached hydrogens (tertiary/aromatic N) is 2. The minimum Gasteiger partial charge on any atom is -0.497 e. The van der Waals surface area contributed by atoms with E-state index in [1.807, 2.05) is 24.4 Å². The quantitative estimate of drug-likeness (QED) is 0.642. The summed E-state index contributed by atoms with van der Waals surface area (Å²) in [6.45, 7) is 8.46. The van der Waals surface area contributed by atoms with Gasteiger partial charge < -0.3 is 25.2 Å². The van der Waals surface area contributed by atoms with Gasteiger partial charge in [0.1, 0.15) is 5.75 Å². The van der Waals surface area contributed by atoms with Crippen LogP contribution in [0, 0.1) is 0 Å². The van der Waals surface area contributed by atoms with Gasteiger partial charge in [0.15, 0.2) is 0 Å². The highest BCUT2D eigenvalue weighted by Crippen LogP contribution is 2.27. The number of carbonyl (C=O) groups is 2. The second-order valence-electron chi connectivity index (χ2n) is 5.31. The summed E-state index contributed by atoms with van der Waals surface area (Å²) in [7, 11) is 1.69. The highest BCUT2D eigenvalue weighted by Gasteiger charge is 2.06. The Kier molecular flexibility index (Phi) is 8.86. The molecule has 0 saturated carbocycles. The monoisotopic (exact) mass is 363 g/mol. The van der Waals surface area contributed by atoms with Gasteiger partial charge in [0.2, 0.25) is 0 Å². The standard InChI is InChI=1S/C16H23N3O.C2H2O4/c1-4-19(5-2)10-9-17-15-12-14(20-3)11-13-7-6-8-18-16(13)15;3-1(4)2(5)6/h6-8,11-12,17H,4-5,9-10H2,1-3H3;(H,3,4)(H,5,6). The molecule has 2 rings (SSSR count). The number of ether oxygens (including phenoxy) is 1. The number of methoxy groups -OCH3 is 1. The average molecular weight is 363 g/mol. The van der Waals surface area contributed by atoms with Crippen LogP contribution in [0.25, 0.3) is 10.9 Å². The summed E-state index contributed by atoms with van der Waals surface area (Å²) in [4.78, 5) is 25.1. The number of nitrogens with one attached hydrogen (secondary N) is 1. The van der Waals surface area contributed by atoms with E-state index in [1.54, 1.807) is 7.11 Å². The van der Waals surface area contributed by atoms with Gasteiger partial charge in [-0.05, 0) is 25.2 Å². The highest BCUT2D eigenvalue weighted by atomic mass is 16.5. The lowest BCUT2D eigenvalue weighted by molar-refractivity contribution is -0.159. The summed E-state index contributed by atoms with van der Waals surface area (Å²) in [6, 6.07) is 8.03. The number of fused-ring (bicyclic) bond motifs is 1. The summed E-state index contributed by atoms with van der Waals surface area (Å²) >= 11 is 0. The number of anilines is 1. The van der Waals surface area contributed by atoms with Crippen molar-refractivity contribution in [2.45, 2.75) is 13.8 Å². The maximum atomic E-state index is 9.10. The van der Waals surface area contributed by atoms with Gasteiger partial charge in [-0.1, -0.05) is 19.9 Å². The van der Waals surface area contributed by atoms with E-state index in [0.29, 0.717) is 0 Å². The van der Waals surface area contributed by atoms with Gasteiger partial charge in [-0.3, -0.25) is 4.98 Å². The fourth-order valence-electron chi connectivity index (χ4n) is 2.31. The van der Waals surface area contributed by atoms with E-state index in [-0.39, 0.29) is 0 Å². The van der Waals surface area contributed by atoms with Crippen molar-refractivity contribution >= 4 is 28.5 Å². The number of hydrogen-bond donors (Lipinski definition) is 3. The Morgan fingerprint density at radius 1 is 1.19 bits per heavy atom. The molecule has 0 bridgehead atoms. The Morgan fingerprint density at radius 2 is 1.85 bits per heavy atom. The first-order valence-corrected chi connectivity index (χ1v) is 8.28. The second kappa shape index (κ2) is 10.9. The van der Waals surface area contributed by atoms with Crippen LogP contribution in [0.4, 0.5) is 5.69 Å². The Morgan fingerprint density at radius 3 is 2.38 bits per heavy atom. The molecule has 0 amide bonds. The number of aromatic nitrogens is 1. The van der Waals surface area contributed by atoms with Crippen LogP contribution in [0.15, 0.2) is 30.5 Å². The molecule has 8 nitrogen and oxygen atoms in total. The van der Waals surface area contributed by atoms with E-state index in [4.69, 9.17) is 24.5 Å². The minimum absolute atomic E-state index is 0.857. The zero-order valence-corrected chi connectivity index (χ0v) is 15.2. The van der Waals surface area contributed by atoms with Crippen molar-refractivity contribution in [1.29, 1.82) is 0 Å². The zero-order valence-electron chi connectivity index (χ0n) is 15.2. The topological polar surface area (TPSA) is 112 Å². The number of carboxylic acids is 2. The third-order valence-electron chi connectivity index (χ3n) is 3.73. The number of hydrogen-bond acceptors (Lipinski definition) is 6. The van der Waals surface area contributed by atoms with E-state index in [1.165, 1.54) is 0 Å². The fourth-order valence-corrected chi connectivity index (χ4v) is 2.31. The van der Waals surface area contributed by atoms with E-state index in [0.717, 1.165) is 48.5 Å². The van der Waals surface area contributed by atoms with Crippen LogP contribution in [-0.2, 0) is 9.59 Å². The van der Waals surface area contributed by atoms with E-state index in [2.05, 4.69) is 35.1 Å². The molecule has 1 aromatic heterocycles. The molecule has 8 heteroatoms. The lowest BCUT2D eigenvalue weighted by Gasteiger charge is -2.19. The molecule has 2 aromatic rings. The molecule has 0 aliphatic carbocycles. The maximum Gasteiger partial charge on any atom is 0.414 e. The van der Waals surface area contributed by atoms with Crippen molar-refractivity contribution < 1.29 is 24.5 Å². The van der Waals surface area contributed by atoms with Crippen molar-refractivity contribution in [3.05, 3.63) is 30.5 Å². The first-order chi connectivity index (χ1) is 12.4. The normalized spacial score (nSPS) is 10.2. The average Bonchev–Trinajstić information content (AvgIpc) is 2.65. The Labute approximate surface area is 152 Å². The van der Waals surface area contributed by atoms with Crippen molar-refractivity contribution in [2.24, 2.45) is 0 Å². The second-order valence-corrected chi connectivity index (χ2v) is 5.31. The smallest absolute Gasteiger partial charge is 0.414 e. The first kappa shape index (κ1) is 21.2. The van der Waals surface area contributed by atoms with Crippen molar-refractivity contribution in [3.8, 4) is 5.75 Å². The van der Waals surface area contributed by atoms with Crippen molar-refractivity contribution in [1.82, 2.24) is 9.88 Å². The molecule has 0 fully saturated rings. The van der Waals surface area contributed by atoms with Crippen molar-refractivity contribution in [3.63, 3.8) is 0 Å². The van der Waals surface area contributed by atoms with Gasteiger partial charge in [-0.2, -0.15) is 0 Å². The van der Waals surface area contributed by atoms with Crippen LogP contribution in [0.3, 0.4) is 0 Å². The maximum absolute atomic E-state index is 9.10. The van der Waals surface area contributed by atoms with Gasteiger partial charge in [0, 0.05) is 30.7 Å². The lowest BCUT2D eigenvalue weighted by atomic mass is 10.2. The number of carboxylic acid groups (broad SMARTS) is 2. The number of aliphatic carboxylic acids is 2. The SMILES string of the molecule is CCN(CC)CCNc1cc(OC)cc2cccnc12.O=C(O)C(=O)O. The summed E-state index contributed by atoms with van der Waals surface area (Å²) in [5, 5.41) is 19.4. The van der Waals surface area contributed by atoms with Crippen molar-refractivity contribution in [2.75, 3.05) is 38.6 Å². The lowest BCUT2D eigenvalue weighted by Crippen LogP contribution is -2.28. The predicted octanol–water partition coefficient (Wildman–Crippen LogP) is 2.15. The molecule has 3 N–H and O–H groups in total. The molecule has 26 heavy (non-hydrogen) atoms. The summed E-state index contributed by atoms with van der Waals surface area (Å²) in [6.07, 6.45) is 1.82. The highest BCUT2D eigenvalue weighted by molar-refractivity contribution is 6.27. The Hall–Kier alpha value is -2.87. The van der Waals surface area contributed by atoms with Gasteiger partial charge in [0.05, 0.1) is 18.3 Å². The summed E-state index contributed by atoms with van der Waals surface area (Å²) in [5.41, 5.74) is 2.03. The molecule has 1 aromatic carbocycles. The van der Waals surface area contributed by atoms with Gasteiger partial charge in [0.25, 0.3) is 0 Å².